The highest BCUT2D eigenvalue weighted by molar-refractivity contribution is 9.10. The normalized spacial score (nSPS) is 15.6. The van der Waals surface area contributed by atoms with Gasteiger partial charge in [0.15, 0.2) is 5.65 Å². The Bertz CT molecular complexity index is 914. The zero-order chi connectivity index (χ0) is 19.3. The van der Waals surface area contributed by atoms with Gasteiger partial charge in [0, 0.05) is 31.4 Å². The van der Waals surface area contributed by atoms with Crippen molar-refractivity contribution < 1.29 is 4.74 Å². The lowest BCUT2D eigenvalue weighted by Crippen LogP contribution is -2.28. The second-order valence-electron chi connectivity index (χ2n) is 7.21. The number of nitrogens with one attached hydrogen (secondary N) is 1. The van der Waals surface area contributed by atoms with E-state index in [4.69, 9.17) is 9.72 Å². The molecule has 28 heavy (non-hydrogen) atoms. The molecular weight excluding hydrogens is 416 g/mol. The van der Waals surface area contributed by atoms with E-state index in [-0.39, 0.29) is 0 Å². The lowest BCUT2D eigenvalue weighted by Gasteiger charge is -2.20. The highest BCUT2D eigenvalue weighted by Gasteiger charge is 2.19. The Morgan fingerprint density at radius 1 is 1.14 bits per heavy atom. The van der Waals surface area contributed by atoms with Crippen LogP contribution in [-0.2, 0) is 6.54 Å². The fraction of sp³-hybridized carbons (Fsp3) is 0.409. The molecule has 1 fully saturated rings. The third kappa shape index (κ3) is 4.24. The number of nitrogens with zero attached hydrogens (tertiary/aromatic N) is 3. The van der Waals surface area contributed by atoms with E-state index in [0.29, 0.717) is 0 Å². The molecular formula is C22H27BrN4O. The summed E-state index contributed by atoms with van der Waals surface area (Å²) >= 11 is 3.67. The smallest absolute Gasteiger partial charge is 0.152 e. The van der Waals surface area contributed by atoms with Gasteiger partial charge in [-0.15, -0.1) is 0 Å². The lowest BCUT2D eigenvalue weighted by molar-refractivity contribution is 0.281. The van der Waals surface area contributed by atoms with Gasteiger partial charge in [0.25, 0.3) is 0 Å². The van der Waals surface area contributed by atoms with Crippen molar-refractivity contribution in [2.24, 2.45) is 0 Å². The molecule has 0 radical (unpaired) electrons. The minimum absolute atomic E-state index is 0.745. The van der Waals surface area contributed by atoms with Gasteiger partial charge in [0.2, 0.25) is 0 Å². The van der Waals surface area contributed by atoms with Gasteiger partial charge in [0.05, 0.1) is 22.5 Å². The maximum Gasteiger partial charge on any atom is 0.152 e. The van der Waals surface area contributed by atoms with Crippen LogP contribution in [-0.4, -0.2) is 47.1 Å². The minimum Gasteiger partial charge on any atom is -0.494 e. The second kappa shape index (κ2) is 9.07. The highest BCUT2D eigenvalue weighted by atomic mass is 79.9. The van der Waals surface area contributed by atoms with E-state index in [0.717, 1.165) is 72.9 Å². The molecule has 4 rings (SSSR count). The SMILES string of the molecule is CCCOc1ccc(-c2nc3c(Br)cccn3c2CN2CCCNCC2)cc1. The molecule has 0 atom stereocenters. The molecule has 6 heteroatoms. The van der Waals surface area contributed by atoms with Gasteiger partial charge in [-0.25, -0.2) is 4.98 Å². The summed E-state index contributed by atoms with van der Waals surface area (Å²) in [7, 11) is 0. The van der Waals surface area contributed by atoms with Crippen LogP contribution in [0.1, 0.15) is 25.5 Å². The first-order chi connectivity index (χ1) is 13.8. The Kier molecular flexibility index (Phi) is 6.29. The Labute approximate surface area is 174 Å². The largest absolute Gasteiger partial charge is 0.494 e. The molecule has 148 valence electrons. The Hall–Kier alpha value is -1.89. The Morgan fingerprint density at radius 3 is 2.82 bits per heavy atom. The number of halogens is 1. The molecule has 1 aliphatic rings. The number of aromatic nitrogens is 2. The van der Waals surface area contributed by atoms with Gasteiger partial charge < -0.3 is 14.5 Å². The van der Waals surface area contributed by atoms with Crippen LogP contribution < -0.4 is 10.1 Å². The fourth-order valence-corrected chi connectivity index (χ4v) is 4.10. The fourth-order valence-electron chi connectivity index (χ4n) is 3.67. The quantitative estimate of drug-likeness (QED) is 0.615. The maximum absolute atomic E-state index is 5.74. The summed E-state index contributed by atoms with van der Waals surface area (Å²) in [5.74, 6) is 0.913. The second-order valence-corrected chi connectivity index (χ2v) is 8.06. The monoisotopic (exact) mass is 442 g/mol. The lowest BCUT2D eigenvalue weighted by atomic mass is 10.1. The van der Waals surface area contributed by atoms with Crippen LogP contribution >= 0.6 is 15.9 Å². The standard InChI is InChI=1S/C22H27BrN4O/c1-2-15-28-18-8-6-17(7-9-18)21-20(16-26-12-4-10-24-11-14-26)27-13-3-5-19(23)22(27)25-21/h3,5-9,13,24H,2,4,10-12,14-16H2,1H3. The molecule has 1 aromatic carbocycles. The van der Waals surface area contributed by atoms with Gasteiger partial charge in [-0.3, -0.25) is 4.90 Å². The molecule has 2 aromatic heterocycles. The number of ether oxygens (including phenoxy) is 1. The van der Waals surface area contributed by atoms with Gasteiger partial charge in [-0.05, 0) is 78.3 Å². The van der Waals surface area contributed by atoms with Crippen LogP contribution in [0, 0.1) is 0 Å². The van der Waals surface area contributed by atoms with Crippen LogP contribution in [0.25, 0.3) is 16.9 Å². The van der Waals surface area contributed by atoms with E-state index in [1.54, 1.807) is 0 Å². The minimum atomic E-state index is 0.745. The van der Waals surface area contributed by atoms with E-state index in [2.05, 4.69) is 61.9 Å². The van der Waals surface area contributed by atoms with Crippen molar-refractivity contribution in [1.29, 1.82) is 0 Å². The molecule has 1 saturated heterocycles. The summed E-state index contributed by atoms with van der Waals surface area (Å²) in [5.41, 5.74) is 4.38. The molecule has 3 heterocycles. The first kappa shape index (κ1) is 19.4. The summed E-state index contributed by atoms with van der Waals surface area (Å²) in [5, 5.41) is 3.49. The number of hydrogen-bond acceptors (Lipinski definition) is 4. The van der Waals surface area contributed by atoms with Crippen LogP contribution in [0.2, 0.25) is 0 Å². The van der Waals surface area contributed by atoms with Gasteiger partial charge in [0.1, 0.15) is 5.75 Å². The Morgan fingerprint density at radius 2 is 2.00 bits per heavy atom. The summed E-state index contributed by atoms with van der Waals surface area (Å²) < 4.78 is 8.98. The third-order valence-corrected chi connectivity index (χ3v) is 5.73. The third-order valence-electron chi connectivity index (χ3n) is 5.11. The van der Waals surface area contributed by atoms with Crippen LogP contribution in [0.5, 0.6) is 5.75 Å². The first-order valence-electron chi connectivity index (χ1n) is 10.1. The predicted molar refractivity (Wildman–Crippen MR) is 117 cm³/mol. The average Bonchev–Trinajstić information content (AvgIpc) is 2.89. The number of hydrogen-bond donors (Lipinski definition) is 1. The highest BCUT2D eigenvalue weighted by Crippen LogP contribution is 2.30. The van der Waals surface area contributed by atoms with Crippen molar-refractivity contribution in [2.75, 3.05) is 32.8 Å². The van der Waals surface area contributed by atoms with E-state index in [1.165, 1.54) is 12.1 Å². The molecule has 3 aromatic rings. The van der Waals surface area contributed by atoms with Crippen molar-refractivity contribution >= 4 is 21.6 Å². The summed E-state index contributed by atoms with van der Waals surface area (Å²) in [6, 6.07) is 12.4. The van der Waals surface area contributed by atoms with E-state index < -0.39 is 0 Å². The number of rotatable bonds is 6. The van der Waals surface area contributed by atoms with Crippen molar-refractivity contribution in [3.8, 4) is 17.0 Å². The number of benzene rings is 1. The molecule has 0 saturated carbocycles. The predicted octanol–water partition coefficient (Wildman–Crippen LogP) is 4.35. The number of pyridine rings is 1. The first-order valence-corrected chi connectivity index (χ1v) is 10.9. The van der Waals surface area contributed by atoms with Gasteiger partial charge >= 0.3 is 0 Å². The summed E-state index contributed by atoms with van der Waals surface area (Å²) in [6.45, 7) is 8.06. The topological polar surface area (TPSA) is 41.8 Å². The van der Waals surface area contributed by atoms with Crippen molar-refractivity contribution in [3.05, 3.63) is 52.8 Å². The zero-order valence-electron chi connectivity index (χ0n) is 16.3. The molecule has 1 aliphatic heterocycles. The molecule has 0 unspecified atom stereocenters. The Balaban J connectivity index is 1.71. The van der Waals surface area contributed by atoms with Gasteiger partial charge in [-0.2, -0.15) is 0 Å². The number of imidazole rings is 1. The van der Waals surface area contributed by atoms with Crippen molar-refractivity contribution in [2.45, 2.75) is 26.3 Å². The summed E-state index contributed by atoms with van der Waals surface area (Å²) in [4.78, 5) is 7.52. The van der Waals surface area contributed by atoms with E-state index in [1.807, 2.05) is 18.2 Å². The van der Waals surface area contributed by atoms with Gasteiger partial charge in [-0.1, -0.05) is 6.92 Å². The molecule has 0 amide bonds. The van der Waals surface area contributed by atoms with Crippen LogP contribution in [0.3, 0.4) is 0 Å². The maximum atomic E-state index is 5.74. The van der Waals surface area contributed by atoms with Crippen LogP contribution in [0.15, 0.2) is 47.1 Å². The van der Waals surface area contributed by atoms with E-state index >= 15 is 0 Å². The van der Waals surface area contributed by atoms with Crippen LogP contribution in [0.4, 0.5) is 0 Å². The van der Waals surface area contributed by atoms with E-state index in [9.17, 15) is 0 Å². The average molecular weight is 443 g/mol. The van der Waals surface area contributed by atoms with Crippen molar-refractivity contribution in [1.82, 2.24) is 19.6 Å². The molecule has 0 aliphatic carbocycles. The molecule has 5 nitrogen and oxygen atoms in total. The molecule has 0 spiro atoms. The molecule has 0 bridgehead atoms. The van der Waals surface area contributed by atoms with Crippen molar-refractivity contribution in [3.63, 3.8) is 0 Å². The molecule has 1 N–H and O–H groups in total. The summed E-state index contributed by atoms with van der Waals surface area (Å²) in [6.07, 6.45) is 4.30. The zero-order valence-corrected chi connectivity index (χ0v) is 17.9. The number of fused-ring (bicyclic) bond motifs is 1.